The summed E-state index contributed by atoms with van der Waals surface area (Å²) in [7, 11) is 1.64. The Balaban J connectivity index is 1.27. The predicted octanol–water partition coefficient (Wildman–Crippen LogP) is 5.18. The zero-order valence-electron chi connectivity index (χ0n) is 20.0. The van der Waals surface area contributed by atoms with Crippen LogP contribution in [0.2, 0.25) is 5.02 Å². The fourth-order valence-corrected chi connectivity index (χ4v) is 5.30. The normalized spacial score (nSPS) is 16.8. The SMILES string of the molecule is COc1ccc(OCC(O)CN2CCC(=C3c4ccc(Cl)cc4CCc4cccnc43)CC2)cc1. The lowest BCUT2D eigenvalue weighted by molar-refractivity contribution is 0.0656. The maximum atomic E-state index is 10.6. The summed E-state index contributed by atoms with van der Waals surface area (Å²) in [5.41, 5.74) is 7.71. The second kappa shape index (κ2) is 10.8. The van der Waals surface area contributed by atoms with Crippen LogP contribution in [0.25, 0.3) is 5.57 Å². The topological polar surface area (TPSA) is 54.8 Å². The molecule has 1 saturated heterocycles. The van der Waals surface area contributed by atoms with Crippen LogP contribution in [-0.2, 0) is 12.8 Å². The van der Waals surface area contributed by atoms with Crippen molar-refractivity contribution >= 4 is 17.2 Å². The minimum atomic E-state index is -0.547. The molecule has 0 saturated carbocycles. The molecular formula is C29H31ClN2O3. The first-order valence-corrected chi connectivity index (χ1v) is 12.6. The molecule has 0 radical (unpaired) electrons. The third-order valence-corrected chi connectivity index (χ3v) is 7.15. The lowest BCUT2D eigenvalue weighted by Crippen LogP contribution is -2.39. The van der Waals surface area contributed by atoms with Crippen LogP contribution < -0.4 is 9.47 Å². The first-order chi connectivity index (χ1) is 17.1. The molecule has 5 nitrogen and oxygen atoms in total. The van der Waals surface area contributed by atoms with Gasteiger partial charge in [-0.1, -0.05) is 29.3 Å². The number of halogens is 1. The van der Waals surface area contributed by atoms with Gasteiger partial charge in [-0.15, -0.1) is 0 Å². The summed E-state index contributed by atoms with van der Waals surface area (Å²) in [6.45, 7) is 2.68. The van der Waals surface area contributed by atoms with E-state index in [1.807, 2.05) is 42.6 Å². The van der Waals surface area contributed by atoms with E-state index in [1.54, 1.807) is 7.11 Å². The third-order valence-electron chi connectivity index (χ3n) is 6.91. The number of rotatable bonds is 6. The van der Waals surface area contributed by atoms with Crippen LogP contribution in [0, 0.1) is 0 Å². The molecule has 1 aliphatic carbocycles. The summed E-state index contributed by atoms with van der Waals surface area (Å²) in [6, 6.07) is 17.9. The van der Waals surface area contributed by atoms with Gasteiger partial charge in [-0.2, -0.15) is 0 Å². The number of hydrogen-bond acceptors (Lipinski definition) is 5. The highest BCUT2D eigenvalue weighted by atomic mass is 35.5. The number of β-amino-alcohol motifs (C(OH)–C–C–N with tert-alkyl or cyclic N) is 1. The molecule has 0 bridgehead atoms. The number of aliphatic hydroxyl groups excluding tert-OH is 1. The third kappa shape index (κ3) is 5.53. The van der Waals surface area contributed by atoms with Crippen molar-refractivity contribution in [3.05, 3.63) is 93.8 Å². The van der Waals surface area contributed by atoms with Crippen LogP contribution in [0.15, 0.2) is 66.4 Å². The number of fused-ring (bicyclic) bond motifs is 2. The van der Waals surface area contributed by atoms with Gasteiger partial charge in [0, 0.05) is 36.4 Å². The number of piperidine rings is 1. The van der Waals surface area contributed by atoms with E-state index < -0.39 is 6.10 Å². The summed E-state index contributed by atoms with van der Waals surface area (Å²) in [6.07, 6.45) is 5.21. The van der Waals surface area contributed by atoms with E-state index >= 15 is 0 Å². The van der Waals surface area contributed by atoms with Crippen molar-refractivity contribution in [2.24, 2.45) is 0 Å². The second-order valence-corrected chi connectivity index (χ2v) is 9.67. The molecule has 1 atom stereocenters. The van der Waals surface area contributed by atoms with E-state index in [4.69, 9.17) is 26.1 Å². The van der Waals surface area contributed by atoms with Crippen molar-refractivity contribution in [1.29, 1.82) is 0 Å². The molecule has 3 aromatic rings. The first kappa shape index (κ1) is 23.9. The van der Waals surface area contributed by atoms with Gasteiger partial charge in [0.25, 0.3) is 0 Å². The molecule has 1 fully saturated rings. The van der Waals surface area contributed by atoms with E-state index in [0.29, 0.717) is 6.54 Å². The molecule has 1 N–H and O–H groups in total. The summed E-state index contributed by atoms with van der Waals surface area (Å²) in [5, 5.41) is 11.4. The van der Waals surface area contributed by atoms with Crippen LogP contribution in [0.1, 0.15) is 35.2 Å². The zero-order valence-corrected chi connectivity index (χ0v) is 20.8. The number of ether oxygens (including phenoxy) is 2. The summed E-state index contributed by atoms with van der Waals surface area (Å²) >= 11 is 6.34. The average molecular weight is 491 g/mol. The van der Waals surface area contributed by atoms with E-state index in [9.17, 15) is 5.11 Å². The highest BCUT2D eigenvalue weighted by molar-refractivity contribution is 6.30. The maximum absolute atomic E-state index is 10.6. The van der Waals surface area contributed by atoms with E-state index in [0.717, 1.165) is 61.0 Å². The van der Waals surface area contributed by atoms with Crippen LogP contribution in [0.3, 0.4) is 0 Å². The van der Waals surface area contributed by atoms with Gasteiger partial charge in [-0.3, -0.25) is 9.88 Å². The molecule has 0 amide bonds. The van der Waals surface area contributed by atoms with Crippen LogP contribution in [0.4, 0.5) is 0 Å². The highest BCUT2D eigenvalue weighted by Gasteiger charge is 2.25. The fourth-order valence-electron chi connectivity index (χ4n) is 5.10. The number of pyridine rings is 1. The number of aryl methyl sites for hydroxylation is 2. The minimum absolute atomic E-state index is 0.266. The monoisotopic (exact) mass is 490 g/mol. The molecular weight excluding hydrogens is 460 g/mol. The average Bonchev–Trinajstić information content (AvgIpc) is 3.05. The Morgan fingerprint density at radius 2 is 1.71 bits per heavy atom. The van der Waals surface area contributed by atoms with Crippen molar-refractivity contribution in [2.75, 3.05) is 33.4 Å². The quantitative estimate of drug-likeness (QED) is 0.516. The van der Waals surface area contributed by atoms with Crippen molar-refractivity contribution < 1.29 is 14.6 Å². The lowest BCUT2D eigenvalue weighted by Gasteiger charge is -2.31. The molecule has 1 aliphatic heterocycles. The van der Waals surface area contributed by atoms with Crippen LogP contribution in [-0.4, -0.2) is 54.4 Å². The number of nitrogens with zero attached hydrogens (tertiary/aromatic N) is 2. The lowest BCUT2D eigenvalue weighted by atomic mass is 9.88. The van der Waals surface area contributed by atoms with E-state index in [2.05, 4.69) is 23.1 Å². The van der Waals surface area contributed by atoms with Gasteiger partial charge >= 0.3 is 0 Å². The van der Waals surface area contributed by atoms with Gasteiger partial charge in [0.1, 0.15) is 24.2 Å². The van der Waals surface area contributed by atoms with Gasteiger partial charge in [0.15, 0.2) is 0 Å². The minimum Gasteiger partial charge on any atom is -0.497 e. The van der Waals surface area contributed by atoms with Gasteiger partial charge in [0.2, 0.25) is 0 Å². The zero-order chi connectivity index (χ0) is 24.2. The number of likely N-dealkylation sites (tertiary alicyclic amines) is 1. The summed E-state index contributed by atoms with van der Waals surface area (Å²) < 4.78 is 10.9. The standard InChI is InChI=1S/C29H31ClN2O3/c1-34-25-7-9-26(10-8-25)35-19-24(33)18-32-15-12-20(13-16-32)28-27-11-6-23(30)17-22(27)5-4-21-3-2-14-31-29(21)28/h2-3,6-11,14,17,24,33H,4-5,12-13,15-16,18-19H2,1H3. The molecule has 5 rings (SSSR count). The van der Waals surface area contributed by atoms with Gasteiger partial charge in [-0.25, -0.2) is 0 Å². The van der Waals surface area contributed by atoms with E-state index in [1.165, 1.54) is 27.8 Å². The number of methoxy groups -OCH3 is 1. The van der Waals surface area contributed by atoms with Crippen molar-refractivity contribution in [3.8, 4) is 11.5 Å². The Morgan fingerprint density at radius 3 is 2.49 bits per heavy atom. The van der Waals surface area contributed by atoms with Gasteiger partial charge in [0.05, 0.1) is 12.8 Å². The Labute approximate surface area is 212 Å². The molecule has 1 unspecified atom stereocenters. The Kier molecular flexibility index (Phi) is 7.37. The summed E-state index contributed by atoms with van der Waals surface area (Å²) in [5.74, 6) is 1.52. The van der Waals surface area contributed by atoms with E-state index in [-0.39, 0.29) is 6.61 Å². The molecule has 0 spiro atoms. The van der Waals surface area contributed by atoms with Gasteiger partial charge < -0.3 is 14.6 Å². The predicted molar refractivity (Wildman–Crippen MR) is 139 cm³/mol. The smallest absolute Gasteiger partial charge is 0.119 e. The maximum Gasteiger partial charge on any atom is 0.119 e. The molecule has 2 heterocycles. The summed E-state index contributed by atoms with van der Waals surface area (Å²) in [4.78, 5) is 7.14. The molecule has 2 aromatic carbocycles. The Morgan fingerprint density at radius 1 is 0.971 bits per heavy atom. The Bertz CT molecular complexity index is 1200. The molecule has 2 aliphatic rings. The van der Waals surface area contributed by atoms with Crippen molar-refractivity contribution in [2.45, 2.75) is 31.8 Å². The molecule has 182 valence electrons. The number of benzene rings is 2. The molecule has 1 aromatic heterocycles. The molecule has 6 heteroatoms. The largest absolute Gasteiger partial charge is 0.497 e. The van der Waals surface area contributed by atoms with Crippen LogP contribution >= 0.6 is 11.6 Å². The number of aliphatic hydroxyl groups is 1. The van der Waals surface area contributed by atoms with Crippen molar-refractivity contribution in [1.82, 2.24) is 9.88 Å². The highest BCUT2D eigenvalue weighted by Crippen LogP contribution is 2.38. The van der Waals surface area contributed by atoms with Crippen molar-refractivity contribution in [3.63, 3.8) is 0 Å². The molecule has 35 heavy (non-hydrogen) atoms. The second-order valence-electron chi connectivity index (χ2n) is 9.23. The first-order valence-electron chi connectivity index (χ1n) is 12.2. The number of aromatic nitrogens is 1. The fraction of sp³-hybridized carbons (Fsp3) is 0.345. The number of hydrogen-bond donors (Lipinski definition) is 1. The van der Waals surface area contributed by atoms with Gasteiger partial charge in [-0.05, 0) is 84.8 Å². The van der Waals surface area contributed by atoms with Crippen LogP contribution in [0.5, 0.6) is 11.5 Å². The Hall–Kier alpha value is -2.86.